The minimum absolute atomic E-state index is 0.0276. The number of rotatable bonds is 17. The number of aromatic nitrogens is 2. The number of carbonyl (C=O) groups is 4. The number of fused-ring (bicyclic) bond motifs is 1. The largest absolute Gasteiger partial charge is 0.508 e. The Morgan fingerprint density at radius 1 is 1.11 bits per heavy atom. The molecule has 3 amide bonds. The number of carbonyl (C=O) groups excluding carboxylic acids is 4. The molecule has 0 spiro atoms. The van der Waals surface area contributed by atoms with E-state index < -0.39 is 18.0 Å². The highest BCUT2D eigenvalue weighted by Crippen LogP contribution is 2.41. The molecule has 1 aliphatic heterocycles. The second-order valence-corrected chi connectivity index (χ2v) is 16.5. The van der Waals surface area contributed by atoms with Gasteiger partial charge in [-0.1, -0.05) is 39.8 Å². The van der Waals surface area contributed by atoms with Crippen LogP contribution in [0.15, 0.2) is 41.8 Å². The van der Waals surface area contributed by atoms with Crippen LogP contribution in [0.4, 0.5) is 5.13 Å². The predicted octanol–water partition coefficient (Wildman–Crippen LogP) is 5.23. The number of nitrogens with one attached hydrogen (secondary N) is 2. The molecule has 2 aromatic carbocycles. The third kappa shape index (κ3) is 9.48. The zero-order valence-electron chi connectivity index (χ0n) is 33.2. The van der Waals surface area contributed by atoms with Crippen LogP contribution in [0.25, 0.3) is 33.4 Å². The summed E-state index contributed by atoms with van der Waals surface area (Å²) in [7, 11) is 5.50. The topological polar surface area (TPSA) is 149 Å². The molecule has 3 heterocycles. The molecule has 0 aliphatic carbocycles. The molecule has 4 aromatic rings. The molecule has 1 aliphatic rings. The molecule has 3 N–H and O–H groups in total. The van der Waals surface area contributed by atoms with Crippen molar-refractivity contribution in [1.82, 2.24) is 30.2 Å². The van der Waals surface area contributed by atoms with Gasteiger partial charge >= 0.3 is 0 Å². The van der Waals surface area contributed by atoms with Crippen molar-refractivity contribution in [3.05, 3.63) is 52.9 Å². The molecule has 0 radical (unpaired) electrons. The summed E-state index contributed by atoms with van der Waals surface area (Å²) in [5.41, 5.74) is 9.03. The third-order valence-electron chi connectivity index (χ3n) is 10.0. The summed E-state index contributed by atoms with van der Waals surface area (Å²) < 4.78 is 7.53. The SMILES string of the molecule is CCn1c(-c2csc(N(C)C)n2)c(CC(C)(C)COC=O)c2cc(-c3cc(O)cc(CC(NC(=O)C(C(C)C)N(C)C=O)C(=O)N4CCCCN4)c3)ccc21. The lowest BCUT2D eigenvalue weighted by atomic mass is 9.85. The number of likely N-dealkylation sites (N-methyl/N-ethyl adjacent to an activating group) is 1. The van der Waals surface area contributed by atoms with Crippen molar-refractivity contribution < 1.29 is 29.0 Å². The molecular formula is C41H55N7O6S. The Labute approximate surface area is 327 Å². The molecule has 0 saturated carbocycles. The summed E-state index contributed by atoms with van der Waals surface area (Å²) in [6.07, 6.45) is 3.12. The van der Waals surface area contributed by atoms with Crippen molar-refractivity contribution in [3.63, 3.8) is 0 Å². The zero-order chi connectivity index (χ0) is 40.0. The van der Waals surface area contributed by atoms with Crippen LogP contribution in [0.1, 0.15) is 58.6 Å². The van der Waals surface area contributed by atoms with Crippen LogP contribution in [0.2, 0.25) is 0 Å². The van der Waals surface area contributed by atoms with E-state index in [0.29, 0.717) is 44.5 Å². The number of hydrogen-bond acceptors (Lipinski definition) is 10. The van der Waals surface area contributed by atoms with Gasteiger partial charge in [0.1, 0.15) is 23.5 Å². The monoisotopic (exact) mass is 773 g/mol. The van der Waals surface area contributed by atoms with Gasteiger partial charge in [-0.25, -0.2) is 10.4 Å². The average Bonchev–Trinajstić information content (AvgIpc) is 3.76. The predicted molar refractivity (Wildman–Crippen MR) is 217 cm³/mol. The van der Waals surface area contributed by atoms with Crippen LogP contribution in [0, 0.1) is 11.3 Å². The van der Waals surface area contributed by atoms with E-state index in [-0.39, 0.29) is 36.0 Å². The summed E-state index contributed by atoms with van der Waals surface area (Å²) in [6, 6.07) is 9.77. The first-order chi connectivity index (χ1) is 26.2. The van der Waals surface area contributed by atoms with Crippen LogP contribution in [0.5, 0.6) is 5.75 Å². The zero-order valence-corrected chi connectivity index (χ0v) is 34.0. The van der Waals surface area contributed by atoms with Gasteiger partial charge in [0.05, 0.1) is 12.3 Å². The van der Waals surface area contributed by atoms with Gasteiger partial charge in [-0.15, -0.1) is 11.3 Å². The smallest absolute Gasteiger partial charge is 0.293 e. The van der Waals surface area contributed by atoms with Crippen LogP contribution < -0.4 is 15.6 Å². The van der Waals surface area contributed by atoms with E-state index in [1.807, 2.05) is 45.0 Å². The van der Waals surface area contributed by atoms with Gasteiger partial charge in [0.25, 0.3) is 12.4 Å². The van der Waals surface area contributed by atoms with E-state index in [4.69, 9.17) is 9.72 Å². The molecule has 0 bridgehead atoms. The molecule has 55 heavy (non-hydrogen) atoms. The van der Waals surface area contributed by atoms with E-state index in [9.17, 15) is 24.3 Å². The van der Waals surface area contributed by atoms with E-state index in [1.54, 1.807) is 35.5 Å². The first-order valence-corrected chi connectivity index (χ1v) is 19.7. The van der Waals surface area contributed by atoms with Gasteiger partial charge in [-0.3, -0.25) is 24.2 Å². The van der Waals surface area contributed by atoms with Crippen molar-refractivity contribution in [1.29, 1.82) is 0 Å². The standard InChI is InChI=1S/C41H55N7O6S/c1-9-47-35-13-12-28(20-31(35)32(21-41(4,5)23-54-25-50)37(47)34-22-55-40(44-34)45(6)7)29-16-27(17-30(51)19-29)18-33(39(53)48-15-11-10-14-42-48)43-38(52)36(26(2)3)46(8)24-49/h12-13,16-17,19-20,22,24-26,33,36,42,51H,9-11,14-15,18,21,23H2,1-8H3,(H,43,52). The lowest BCUT2D eigenvalue weighted by Crippen LogP contribution is -2.58. The molecule has 2 aromatic heterocycles. The number of hydrazine groups is 1. The van der Waals surface area contributed by atoms with Crippen LogP contribution >= 0.6 is 11.3 Å². The van der Waals surface area contributed by atoms with E-state index in [0.717, 1.165) is 57.0 Å². The number of amides is 3. The second-order valence-electron chi connectivity index (χ2n) is 15.7. The Balaban J connectivity index is 1.58. The van der Waals surface area contributed by atoms with Crippen LogP contribution in [-0.4, -0.2) is 102 Å². The number of hydrogen-bond donors (Lipinski definition) is 3. The lowest BCUT2D eigenvalue weighted by molar-refractivity contribution is -0.142. The van der Waals surface area contributed by atoms with Crippen molar-refractivity contribution in [2.45, 2.75) is 78.9 Å². The summed E-state index contributed by atoms with van der Waals surface area (Å²) >= 11 is 1.58. The molecule has 1 fully saturated rings. The molecule has 5 rings (SSSR count). The fourth-order valence-corrected chi connectivity index (χ4v) is 8.25. The van der Waals surface area contributed by atoms with Gasteiger partial charge in [-0.05, 0) is 78.6 Å². The van der Waals surface area contributed by atoms with Gasteiger partial charge in [0.2, 0.25) is 12.3 Å². The first-order valence-electron chi connectivity index (χ1n) is 18.9. The van der Waals surface area contributed by atoms with Crippen molar-refractivity contribution in [2.24, 2.45) is 11.3 Å². The number of phenols is 1. The number of phenolic OH excluding ortho intramolecular Hbond substituents is 1. The Morgan fingerprint density at radius 2 is 1.87 bits per heavy atom. The second kappa shape index (κ2) is 17.7. The number of nitrogens with zero attached hydrogens (tertiary/aromatic N) is 5. The van der Waals surface area contributed by atoms with Gasteiger partial charge < -0.3 is 29.5 Å². The highest BCUT2D eigenvalue weighted by Gasteiger charge is 2.33. The number of aromatic hydroxyl groups is 1. The average molecular weight is 774 g/mol. The Morgan fingerprint density at radius 3 is 2.49 bits per heavy atom. The van der Waals surface area contributed by atoms with Crippen LogP contribution in [0.3, 0.4) is 0 Å². The maximum Gasteiger partial charge on any atom is 0.293 e. The summed E-state index contributed by atoms with van der Waals surface area (Å²) in [5, 5.41) is 19.6. The molecule has 296 valence electrons. The molecule has 1 saturated heterocycles. The van der Waals surface area contributed by atoms with Gasteiger partial charge in [0.15, 0.2) is 5.13 Å². The minimum Gasteiger partial charge on any atom is -0.508 e. The highest BCUT2D eigenvalue weighted by atomic mass is 32.1. The van der Waals surface area contributed by atoms with Gasteiger partial charge in [-0.2, -0.15) is 0 Å². The summed E-state index contributed by atoms with van der Waals surface area (Å²) in [6.45, 7) is 12.6. The molecular weight excluding hydrogens is 719 g/mol. The molecule has 2 unspecified atom stereocenters. The highest BCUT2D eigenvalue weighted by molar-refractivity contribution is 7.14. The normalized spacial score (nSPS) is 14.5. The number of aryl methyl sites for hydroxylation is 1. The van der Waals surface area contributed by atoms with E-state index >= 15 is 0 Å². The number of ether oxygens (including phenoxy) is 1. The molecule has 13 nitrogen and oxygen atoms in total. The Bertz CT molecular complexity index is 2000. The van der Waals surface area contributed by atoms with E-state index in [1.165, 1.54) is 4.90 Å². The fourth-order valence-electron chi connectivity index (χ4n) is 7.51. The van der Waals surface area contributed by atoms with Crippen molar-refractivity contribution >= 4 is 52.1 Å². The molecule has 2 atom stereocenters. The number of benzene rings is 2. The fraction of sp³-hybridized carbons (Fsp3) is 0.488. The minimum atomic E-state index is -0.953. The van der Waals surface area contributed by atoms with Crippen LogP contribution in [-0.2, 0) is 43.3 Å². The first kappa shape index (κ1) is 41.2. The Hall–Kier alpha value is -4.95. The maximum atomic E-state index is 14.0. The lowest BCUT2D eigenvalue weighted by Gasteiger charge is -2.33. The number of thiazole rings is 1. The Kier molecular flexibility index (Phi) is 13.2. The number of anilines is 1. The maximum absolute atomic E-state index is 14.0. The summed E-state index contributed by atoms with van der Waals surface area (Å²) in [4.78, 5) is 58.8. The van der Waals surface area contributed by atoms with Crippen molar-refractivity contribution in [2.75, 3.05) is 45.7 Å². The molecule has 14 heteroatoms. The van der Waals surface area contributed by atoms with E-state index in [2.05, 4.69) is 53.6 Å². The third-order valence-corrected chi connectivity index (χ3v) is 11.1. The summed E-state index contributed by atoms with van der Waals surface area (Å²) in [5.74, 6) is -0.869. The van der Waals surface area contributed by atoms with Gasteiger partial charge in [0, 0.05) is 68.9 Å². The van der Waals surface area contributed by atoms with Crippen molar-refractivity contribution in [3.8, 4) is 28.3 Å². The quantitative estimate of drug-likeness (QED) is 0.123.